The van der Waals surface area contributed by atoms with Gasteiger partial charge in [0.25, 0.3) is 5.01 Å². The van der Waals surface area contributed by atoms with Crippen LogP contribution in [-0.4, -0.2) is 6.54 Å². The number of halogens is 1. The van der Waals surface area contributed by atoms with Crippen molar-refractivity contribution in [3.05, 3.63) is 82.8 Å². The molecule has 0 spiro atoms. The van der Waals surface area contributed by atoms with E-state index in [1.54, 1.807) is 0 Å². The van der Waals surface area contributed by atoms with Crippen LogP contribution in [0.2, 0.25) is 0 Å². The van der Waals surface area contributed by atoms with Gasteiger partial charge < -0.3 is 28.9 Å². The minimum atomic E-state index is 0. The molecule has 5 heteroatoms. The van der Waals surface area contributed by atoms with Gasteiger partial charge in [-0.05, 0) is 42.8 Å². The van der Waals surface area contributed by atoms with Crippen LogP contribution in [0.5, 0.6) is 0 Å². The van der Waals surface area contributed by atoms with Gasteiger partial charge in [-0.15, -0.1) is 0 Å². The first-order valence-corrected chi connectivity index (χ1v) is 12.4. The number of thiazole rings is 1. The van der Waals surface area contributed by atoms with Crippen molar-refractivity contribution >= 4 is 66.6 Å². The second kappa shape index (κ2) is 8.69. The van der Waals surface area contributed by atoms with Crippen LogP contribution in [-0.2, 0) is 6.54 Å². The molecule has 2 nitrogen and oxygen atoms in total. The van der Waals surface area contributed by atoms with Gasteiger partial charge in [-0.3, -0.25) is 0 Å². The fourth-order valence-electron chi connectivity index (χ4n) is 4.70. The Kier molecular flexibility index (Phi) is 5.90. The third kappa shape index (κ3) is 3.33. The molecule has 0 amide bonds. The minimum Gasteiger partial charge on any atom is -1.00 e. The summed E-state index contributed by atoms with van der Waals surface area (Å²) in [7, 11) is 0. The van der Waals surface area contributed by atoms with Crippen LogP contribution in [0.1, 0.15) is 18.9 Å². The lowest BCUT2D eigenvalue weighted by Gasteiger charge is -2.19. The van der Waals surface area contributed by atoms with Gasteiger partial charge in [0.05, 0.1) is 22.2 Å². The van der Waals surface area contributed by atoms with E-state index >= 15 is 0 Å². The summed E-state index contributed by atoms with van der Waals surface area (Å²) in [6.45, 7) is 6.41. The lowest BCUT2D eigenvalue weighted by atomic mass is 10.1. The van der Waals surface area contributed by atoms with Gasteiger partial charge in [-0.25, -0.2) is 0 Å². The summed E-state index contributed by atoms with van der Waals surface area (Å²) in [4.78, 5) is 3.83. The van der Waals surface area contributed by atoms with Crippen molar-refractivity contribution in [2.24, 2.45) is 0 Å². The maximum Gasteiger partial charge on any atom is 0.265 e. The minimum absolute atomic E-state index is 0. The number of hydrogen-bond acceptors (Lipinski definition) is 3. The number of anilines is 1. The second-order valence-corrected chi connectivity index (χ2v) is 9.90. The Balaban J connectivity index is 0.00000216. The van der Waals surface area contributed by atoms with Gasteiger partial charge in [0.1, 0.15) is 11.2 Å². The smallest absolute Gasteiger partial charge is 0.265 e. The van der Waals surface area contributed by atoms with Crippen molar-refractivity contribution in [2.45, 2.75) is 25.3 Å². The van der Waals surface area contributed by atoms with Crippen LogP contribution in [0.15, 0.2) is 82.7 Å². The van der Waals surface area contributed by atoms with Gasteiger partial charge in [-0.1, -0.05) is 77.7 Å². The first-order valence-electron chi connectivity index (χ1n) is 10.8. The van der Waals surface area contributed by atoms with Crippen LogP contribution in [0.3, 0.4) is 0 Å². The van der Waals surface area contributed by atoms with Gasteiger partial charge in [0, 0.05) is 16.8 Å². The summed E-state index contributed by atoms with van der Waals surface area (Å²) in [6.07, 6.45) is 2.39. The fraction of sp³-hybridized carbons (Fsp3) is 0.148. The number of aromatic nitrogens is 1. The average Bonchev–Trinajstić information content (AvgIpc) is 3.36. The van der Waals surface area contributed by atoms with Crippen molar-refractivity contribution in [2.75, 3.05) is 11.4 Å². The quantitative estimate of drug-likeness (QED) is 0.236. The Morgan fingerprint density at radius 3 is 2.28 bits per heavy atom. The highest BCUT2D eigenvalue weighted by molar-refractivity contribution is 8.04. The largest absolute Gasteiger partial charge is 1.00 e. The monoisotopic (exact) mass is 566 g/mol. The van der Waals surface area contributed by atoms with E-state index < -0.39 is 0 Å². The second-order valence-electron chi connectivity index (χ2n) is 7.78. The predicted molar refractivity (Wildman–Crippen MR) is 136 cm³/mol. The van der Waals surface area contributed by atoms with Crippen molar-refractivity contribution < 1.29 is 28.5 Å². The van der Waals surface area contributed by atoms with Crippen LogP contribution < -0.4 is 33.4 Å². The van der Waals surface area contributed by atoms with E-state index in [9.17, 15) is 0 Å². The lowest BCUT2D eigenvalue weighted by Crippen LogP contribution is -3.00. The van der Waals surface area contributed by atoms with Crippen molar-refractivity contribution in [1.82, 2.24) is 0 Å². The molecular formula is C27H23IN2S2. The third-order valence-electron chi connectivity index (χ3n) is 6.11. The molecule has 0 bridgehead atoms. The topological polar surface area (TPSA) is 7.12 Å². The molecular weight excluding hydrogens is 543 g/mol. The Morgan fingerprint density at radius 1 is 0.844 bits per heavy atom. The molecule has 160 valence electrons. The third-order valence-corrected chi connectivity index (χ3v) is 8.30. The zero-order valence-electron chi connectivity index (χ0n) is 18.0. The summed E-state index contributed by atoms with van der Waals surface area (Å²) in [5.74, 6) is 0. The molecule has 32 heavy (non-hydrogen) atoms. The predicted octanol–water partition coefficient (Wildman–Crippen LogP) is 4.45. The van der Waals surface area contributed by atoms with E-state index in [1.165, 1.54) is 52.4 Å². The molecule has 0 saturated heterocycles. The lowest BCUT2D eigenvalue weighted by molar-refractivity contribution is -0.664. The Morgan fingerprint density at radius 2 is 1.53 bits per heavy atom. The first kappa shape index (κ1) is 21.7. The Hall–Kier alpha value is -2.09. The number of nitrogens with zero attached hydrogens (tertiary/aromatic N) is 2. The van der Waals surface area contributed by atoms with Crippen molar-refractivity contribution in [3.8, 4) is 0 Å². The summed E-state index contributed by atoms with van der Waals surface area (Å²) in [5.41, 5.74) is 2.71. The maximum absolute atomic E-state index is 2.48. The molecule has 0 unspecified atom stereocenters. The number of hydrogen-bond donors (Lipinski definition) is 0. The summed E-state index contributed by atoms with van der Waals surface area (Å²) < 4.78 is 3.83. The van der Waals surface area contributed by atoms with E-state index in [4.69, 9.17) is 0 Å². The summed E-state index contributed by atoms with van der Waals surface area (Å²) in [6, 6.07) is 26.5. The normalized spacial score (nSPS) is 14.4. The molecule has 1 aliphatic heterocycles. The molecule has 0 fully saturated rings. The average molecular weight is 567 g/mol. The van der Waals surface area contributed by atoms with Gasteiger partial charge in [0.2, 0.25) is 5.52 Å². The van der Waals surface area contributed by atoms with Crippen LogP contribution in [0.4, 0.5) is 5.69 Å². The Labute approximate surface area is 213 Å². The van der Waals surface area contributed by atoms with Gasteiger partial charge in [0.15, 0.2) is 0 Å². The van der Waals surface area contributed by atoms with E-state index in [0.29, 0.717) is 0 Å². The fourth-order valence-corrected chi connectivity index (χ4v) is 7.13. The van der Waals surface area contributed by atoms with Gasteiger partial charge in [-0.2, -0.15) is 4.57 Å². The summed E-state index contributed by atoms with van der Waals surface area (Å²) in [5, 5.41) is 7.91. The molecule has 0 radical (unpaired) electrons. The summed E-state index contributed by atoms with van der Waals surface area (Å²) >= 11 is 3.78. The maximum atomic E-state index is 2.48. The van der Waals surface area contributed by atoms with Crippen LogP contribution in [0.25, 0.3) is 37.8 Å². The molecule has 5 aromatic rings. The van der Waals surface area contributed by atoms with E-state index in [0.717, 1.165) is 13.1 Å². The van der Waals surface area contributed by atoms with Crippen LogP contribution in [0, 0.1) is 0 Å². The standard InChI is InChI=1S/C27H23N2S2.HI/c1-3-28-24(30-22-15-13-18-9-5-7-11-20(18)26(22)28)17-25-29(4-2)27-21-12-8-6-10-19(21)14-16-23(27)31-25;/h5-17H,3-4H2,1-2H3;1H/q+1;/p-1. The number of aryl methyl sites for hydroxylation is 1. The molecule has 6 rings (SSSR count). The van der Waals surface area contributed by atoms with E-state index in [1.807, 2.05) is 23.1 Å². The number of thioether (sulfide) groups is 1. The zero-order chi connectivity index (χ0) is 20.9. The van der Waals surface area contributed by atoms with Crippen molar-refractivity contribution in [1.29, 1.82) is 0 Å². The molecule has 1 aliphatic rings. The Bertz CT molecular complexity index is 1500. The highest BCUT2D eigenvalue weighted by atomic mass is 127. The molecule has 0 saturated carbocycles. The molecule has 0 atom stereocenters. The SMILES string of the molecule is CCN1/C(=C/c2sc3ccc4ccccc4c3[n+]2CC)Sc2ccc3ccccc3c21.[I-]. The molecule has 1 aromatic heterocycles. The molecule has 0 aliphatic carbocycles. The first-order chi connectivity index (χ1) is 15.3. The van der Waals surface area contributed by atoms with Gasteiger partial charge >= 0.3 is 0 Å². The van der Waals surface area contributed by atoms with Crippen molar-refractivity contribution in [3.63, 3.8) is 0 Å². The van der Waals surface area contributed by atoms with E-state index in [2.05, 4.69) is 102 Å². The van der Waals surface area contributed by atoms with Crippen LogP contribution >= 0.6 is 23.1 Å². The number of rotatable bonds is 3. The highest BCUT2D eigenvalue weighted by Crippen LogP contribution is 2.50. The number of benzene rings is 4. The molecule has 2 heterocycles. The number of fused-ring (bicyclic) bond motifs is 6. The highest BCUT2D eigenvalue weighted by Gasteiger charge is 2.28. The molecule has 4 aromatic carbocycles. The van der Waals surface area contributed by atoms with E-state index in [-0.39, 0.29) is 24.0 Å². The molecule has 0 N–H and O–H groups in total. The zero-order valence-corrected chi connectivity index (χ0v) is 21.8.